The van der Waals surface area contributed by atoms with Crippen LogP contribution in [-0.4, -0.2) is 169 Å². The fraction of sp³-hybridized carbons (Fsp3) is 0.435. The molecular formula is C62H66N2O23. The van der Waals surface area contributed by atoms with Crippen LogP contribution < -0.4 is 10.6 Å². The molecule has 9 rings (SSSR count). The number of aliphatic carboxylic acids is 1. The third-order valence-electron chi connectivity index (χ3n) is 17.3. The Hall–Kier alpha value is -8.43. The molecule has 2 saturated carbocycles. The number of rotatable bonds is 16. The number of aliphatic hydroxyl groups is 5. The first kappa shape index (κ1) is 63.1. The van der Waals surface area contributed by atoms with Gasteiger partial charge in [-0.3, -0.25) is 29.3 Å². The Bertz CT molecular complexity index is 3340. The van der Waals surface area contributed by atoms with E-state index in [1.807, 2.05) is 0 Å². The van der Waals surface area contributed by atoms with Crippen molar-refractivity contribution < 1.29 is 112 Å². The molecule has 5 aliphatic rings. The summed E-state index contributed by atoms with van der Waals surface area (Å²) in [7, 11) is 0. The number of amides is 2. The third-order valence-corrected chi connectivity index (χ3v) is 17.3. The van der Waals surface area contributed by atoms with Crippen LogP contribution in [0.15, 0.2) is 126 Å². The SMILES string of the molecule is CC(=O)O[C@H]1C(=O)[C@@]2(C)[C@H]([C@H](OC(=O)c3ccccc3)[C@]3(O)C[C@H](OC(=O)[C@H](OC(=O)Cc4ccc(NC(=O)O[C@@H]5O[C@H](C(=O)O)[C@@H](O)[C@H](O)[C@H]5O)cc4)[C@@H](NC(=O)c4ccccc4)c4ccccc4)C(C)=C1C3(C)C)[C@]1(OC(C)=O)CO[C@@H]1C[C@@H]2O. The molecule has 2 heterocycles. The van der Waals surface area contributed by atoms with Crippen molar-refractivity contribution in [2.75, 3.05) is 11.9 Å². The van der Waals surface area contributed by atoms with Crippen LogP contribution in [-0.2, 0) is 73.1 Å². The number of hydrogen-bond donors (Lipinski definition) is 8. The van der Waals surface area contributed by atoms with Gasteiger partial charge < -0.3 is 73.9 Å². The minimum absolute atomic E-state index is 0.00565. The van der Waals surface area contributed by atoms with Crippen molar-refractivity contribution >= 4 is 59.3 Å². The van der Waals surface area contributed by atoms with E-state index in [4.69, 9.17) is 37.9 Å². The van der Waals surface area contributed by atoms with E-state index in [0.717, 1.165) is 13.8 Å². The van der Waals surface area contributed by atoms with E-state index in [0.29, 0.717) is 0 Å². The molecule has 87 heavy (non-hydrogen) atoms. The Balaban J connectivity index is 1.09. The molecule has 2 saturated heterocycles. The number of carbonyl (C=O) groups excluding carboxylic acids is 8. The molecule has 4 aromatic rings. The average molecular weight is 1210 g/mol. The molecule has 8 N–H and O–H groups in total. The van der Waals surface area contributed by atoms with Crippen molar-refractivity contribution in [1.82, 2.24) is 5.32 Å². The molecule has 3 aliphatic carbocycles. The van der Waals surface area contributed by atoms with Crippen LogP contribution in [0.4, 0.5) is 10.5 Å². The zero-order valence-corrected chi connectivity index (χ0v) is 47.9. The summed E-state index contributed by atoms with van der Waals surface area (Å²) in [5.41, 5.74) is -7.87. The van der Waals surface area contributed by atoms with Crippen molar-refractivity contribution in [2.45, 2.75) is 145 Å². The van der Waals surface area contributed by atoms with E-state index < -0.39 is 174 Å². The van der Waals surface area contributed by atoms with Crippen LogP contribution in [0.5, 0.6) is 0 Å². The molecule has 0 spiro atoms. The first-order chi connectivity index (χ1) is 41.1. The van der Waals surface area contributed by atoms with E-state index >= 15 is 9.59 Å². The van der Waals surface area contributed by atoms with Crippen LogP contribution in [0.1, 0.15) is 92.3 Å². The number of fused-ring (bicyclic) bond motifs is 5. The van der Waals surface area contributed by atoms with Gasteiger partial charge in [0.15, 0.2) is 23.6 Å². The van der Waals surface area contributed by atoms with Crippen molar-refractivity contribution in [3.63, 3.8) is 0 Å². The molecule has 25 nitrogen and oxygen atoms in total. The quantitative estimate of drug-likeness (QED) is 0.0454. The lowest BCUT2D eigenvalue weighted by atomic mass is 9.44. The summed E-state index contributed by atoms with van der Waals surface area (Å²) in [5.74, 6) is -10.3. The molecule has 25 heteroatoms. The van der Waals surface area contributed by atoms with E-state index in [9.17, 15) is 64.2 Å². The first-order valence-electron chi connectivity index (χ1n) is 27.8. The van der Waals surface area contributed by atoms with E-state index in [1.165, 1.54) is 76.2 Å². The van der Waals surface area contributed by atoms with E-state index in [2.05, 4.69) is 10.6 Å². The second kappa shape index (κ2) is 24.7. The van der Waals surface area contributed by atoms with Gasteiger partial charge >= 0.3 is 41.9 Å². The van der Waals surface area contributed by atoms with Gasteiger partial charge in [-0.1, -0.05) is 92.7 Å². The summed E-state index contributed by atoms with van der Waals surface area (Å²) >= 11 is 0. The highest BCUT2D eigenvalue weighted by Crippen LogP contribution is 2.64. The number of anilines is 1. The highest BCUT2D eigenvalue weighted by Gasteiger charge is 2.78. The second-order valence-corrected chi connectivity index (χ2v) is 23.0. The van der Waals surface area contributed by atoms with Gasteiger partial charge in [0, 0.05) is 43.4 Å². The van der Waals surface area contributed by atoms with Gasteiger partial charge in [0.25, 0.3) is 5.91 Å². The van der Waals surface area contributed by atoms with Crippen LogP contribution >= 0.6 is 0 Å². The number of aliphatic hydroxyl groups excluding tert-OH is 4. The van der Waals surface area contributed by atoms with Gasteiger partial charge in [-0.25, -0.2) is 19.2 Å². The number of esters is 5. The first-order valence-corrected chi connectivity index (χ1v) is 27.8. The number of carbonyl (C=O) groups is 9. The highest BCUT2D eigenvalue weighted by molar-refractivity contribution is 5.97. The molecule has 16 atom stereocenters. The van der Waals surface area contributed by atoms with E-state index in [-0.39, 0.29) is 45.5 Å². The number of Topliss-reactive ketones (excluding diaryl/α,β-unsaturated/α-hetero) is 1. The predicted molar refractivity (Wildman–Crippen MR) is 296 cm³/mol. The summed E-state index contributed by atoms with van der Waals surface area (Å²) < 4.78 is 47.0. The number of nitrogens with one attached hydrogen (secondary N) is 2. The number of carboxylic acid groups (broad SMARTS) is 1. The summed E-state index contributed by atoms with van der Waals surface area (Å²) in [6, 6.07) is 27.2. The van der Waals surface area contributed by atoms with Crippen LogP contribution in [0.25, 0.3) is 0 Å². The van der Waals surface area contributed by atoms with Gasteiger partial charge in [0.05, 0.1) is 36.0 Å². The lowest BCUT2D eigenvalue weighted by Crippen LogP contribution is -2.82. The van der Waals surface area contributed by atoms with Crippen molar-refractivity contribution in [1.29, 1.82) is 0 Å². The number of ketones is 1. The molecule has 462 valence electrons. The summed E-state index contributed by atoms with van der Waals surface area (Å²) in [6.45, 7) is 7.57. The Kier molecular flexibility index (Phi) is 17.9. The van der Waals surface area contributed by atoms with E-state index in [1.54, 1.807) is 66.7 Å². The smallest absolute Gasteiger partial charge is 0.414 e. The molecule has 4 aromatic carbocycles. The van der Waals surface area contributed by atoms with Gasteiger partial charge in [0.1, 0.15) is 48.3 Å². The second-order valence-electron chi connectivity index (χ2n) is 23.0. The van der Waals surface area contributed by atoms with Crippen LogP contribution in [0.2, 0.25) is 0 Å². The maximum atomic E-state index is 15.9. The lowest BCUT2D eigenvalue weighted by Gasteiger charge is -2.67. The molecule has 2 aliphatic heterocycles. The molecule has 0 aromatic heterocycles. The zero-order chi connectivity index (χ0) is 63.1. The van der Waals surface area contributed by atoms with Crippen molar-refractivity contribution in [2.24, 2.45) is 16.7 Å². The summed E-state index contributed by atoms with van der Waals surface area (Å²) in [5, 5.41) is 71.3. The number of hydrogen-bond acceptors (Lipinski definition) is 22. The largest absolute Gasteiger partial charge is 0.479 e. The third kappa shape index (κ3) is 11.9. The Labute approximate surface area is 497 Å². The zero-order valence-electron chi connectivity index (χ0n) is 47.9. The molecule has 0 unspecified atom stereocenters. The normalized spacial score (nSPS) is 31.2. The molecule has 0 radical (unpaired) electrons. The molecule has 4 fully saturated rings. The van der Waals surface area contributed by atoms with Gasteiger partial charge in [-0.05, 0) is 72.5 Å². The molecular weight excluding hydrogens is 1140 g/mol. The van der Waals surface area contributed by atoms with Crippen molar-refractivity contribution in [3.05, 3.63) is 149 Å². The Morgan fingerprint density at radius 3 is 1.92 bits per heavy atom. The predicted octanol–water partition coefficient (Wildman–Crippen LogP) is 2.97. The fourth-order valence-electron chi connectivity index (χ4n) is 12.7. The number of benzene rings is 4. The maximum Gasteiger partial charge on any atom is 0.414 e. The highest BCUT2D eigenvalue weighted by atomic mass is 16.7. The Morgan fingerprint density at radius 1 is 0.736 bits per heavy atom. The average Bonchev–Trinajstić information content (AvgIpc) is 0.678. The maximum absolute atomic E-state index is 15.9. The standard InChI is InChI=1S/C62H66N2O23/c1-30-38(28-62(79)52(85-55(76)36-20-14-9-15-21-36)50-60(6,39(67)27-40-61(50,29-80-40)87-32(3)66)51(72)47(81-31(2)65)42(30)59(62,4)5)82-56(77)48(43(34-16-10-7-11-17-34)64-53(73)35-18-12-8-13-19-35)83-41(68)26-33-22-24-37(25-23-33)63-58(78)86-57-46(71)44(69)45(70)49(84-57)54(74)75/h7-25,38-40,43-50,52,57,67,69-71,79H,26-29H2,1-6H3,(H,63,78)(H,64,73)(H,74,75)/t38-,39-,40+,43-,44-,45-,46+,47+,48+,49-,50-,52-,57-,60+,61-,62+/m0/s1. The Morgan fingerprint density at radius 2 is 1.34 bits per heavy atom. The fourth-order valence-corrected chi connectivity index (χ4v) is 12.7. The lowest BCUT2D eigenvalue weighted by molar-refractivity contribution is -0.346. The molecule has 2 bridgehead atoms. The summed E-state index contributed by atoms with van der Waals surface area (Å²) in [6.07, 6.45) is -23.5. The van der Waals surface area contributed by atoms with Gasteiger partial charge in [-0.2, -0.15) is 0 Å². The number of carboxylic acids is 1. The minimum atomic E-state index is -2.56. The summed E-state index contributed by atoms with van der Waals surface area (Å²) in [4.78, 5) is 126. The van der Waals surface area contributed by atoms with Crippen LogP contribution in [0, 0.1) is 16.7 Å². The number of ether oxygens (including phenoxy) is 8. The van der Waals surface area contributed by atoms with Gasteiger partial charge in [-0.15, -0.1) is 0 Å². The molecule has 2 amide bonds. The van der Waals surface area contributed by atoms with Gasteiger partial charge in [0.2, 0.25) is 12.4 Å². The minimum Gasteiger partial charge on any atom is -0.479 e. The van der Waals surface area contributed by atoms with Crippen molar-refractivity contribution in [3.8, 4) is 0 Å². The topological polar surface area (TPSA) is 373 Å². The van der Waals surface area contributed by atoms with Crippen LogP contribution in [0.3, 0.4) is 0 Å². The monoisotopic (exact) mass is 1210 g/mol.